The van der Waals surface area contributed by atoms with Crippen LogP contribution in [0.15, 0.2) is 0 Å². The van der Waals surface area contributed by atoms with Crippen LogP contribution in [-0.4, -0.2) is 24.3 Å². The van der Waals surface area contributed by atoms with Gasteiger partial charge in [-0.3, -0.25) is 0 Å². The number of piperidine rings is 1. The second-order valence-electron chi connectivity index (χ2n) is 3.55. The summed E-state index contributed by atoms with van der Waals surface area (Å²) in [5.74, 6) is 1.37. The molecule has 0 aromatic heterocycles. The summed E-state index contributed by atoms with van der Waals surface area (Å²) >= 11 is 0. The zero-order chi connectivity index (χ0) is 7.56. The van der Waals surface area contributed by atoms with Crippen molar-refractivity contribution in [2.45, 2.75) is 26.4 Å². The molecule has 1 rings (SSSR count). The van der Waals surface area contributed by atoms with Crippen LogP contribution in [-0.2, 0) is 0 Å². The van der Waals surface area contributed by atoms with Gasteiger partial charge in [0.25, 0.3) is 0 Å². The highest BCUT2D eigenvalue weighted by atomic mass is 16.3. The van der Waals surface area contributed by atoms with Gasteiger partial charge < -0.3 is 10.4 Å². The summed E-state index contributed by atoms with van der Waals surface area (Å²) in [4.78, 5) is 0. The van der Waals surface area contributed by atoms with Crippen LogP contribution in [0.25, 0.3) is 0 Å². The predicted octanol–water partition coefficient (Wildman–Crippen LogP) is 0.613. The highest BCUT2D eigenvalue weighted by Gasteiger charge is 2.21. The van der Waals surface area contributed by atoms with Gasteiger partial charge >= 0.3 is 0 Å². The van der Waals surface area contributed by atoms with Gasteiger partial charge in [-0.05, 0) is 24.8 Å². The van der Waals surface area contributed by atoms with Crippen LogP contribution in [0.1, 0.15) is 20.3 Å². The molecule has 1 fully saturated rings. The van der Waals surface area contributed by atoms with E-state index in [4.69, 9.17) is 0 Å². The molecule has 2 heteroatoms. The maximum absolute atomic E-state index is 9.27. The number of aliphatic hydroxyl groups is 1. The van der Waals surface area contributed by atoms with Crippen molar-refractivity contribution in [2.75, 3.05) is 13.1 Å². The molecule has 1 heterocycles. The number of nitrogens with one attached hydrogen (secondary N) is 1. The fourth-order valence-corrected chi connectivity index (χ4v) is 1.46. The first kappa shape index (κ1) is 8.02. The minimum Gasteiger partial charge on any atom is -0.392 e. The van der Waals surface area contributed by atoms with Gasteiger partial charge in [-0.2, -0.15) is 0 Å². The van der Waals surface area contributed by atoms with Crippen molar-refractivity contribution in [2.24, 2.45) is 11.8 Å². The van der Waals surface area contributed by atoms with Crippen LogP contribution < -0.4 is 5.32 Å². The van der Waals surface area contributed by atoms with Crippen molar-refractivity contribution in [3.63, 3.8) is 0 Å². The average molecular weight is 143 g/mol. The summed E-state index contributed by atoms with van der Waals surface area (Å²) in [6.07, 6.45) is 0.867. The smallest absolute Gasteiger partial charge is 0.0667 e. The normalized spacial score (nSPS) is 34.8. The van der Waals surface area contributed by atoms with Gasteiger partial charge in [-0.25, -0.2) is 0 Å². The van der Waals surface area contributed by atoms with Crippen LogP contribution in [0.2, 0.25) is 0 Å². The van der Waals surface area contributed by atoms with Crippen LogP contribution in [0.4, 0.5) is 0 Å². The molecule has 0 radical (unpaired) electrons. The average Bonchev–Trinajstić information content (AvgIpc) is 1.88. The van der Waals surface area contributed by atoms with Crippen molar-refractivity contribution in [3.8, 4) is 0 Å². The quantitative estimate of drug-likeness (QED) is 0.564. The molecule has 0 aromatic rings. The minimum atomic E-state index is -0.110. The molecule has 60 valence electrons. The molecular formula is C8H17NO. The second kappa shape index (κ2) is 3.35. The van der Waals surface area contributed by atoms with E-state index in [9.17, 15) is 5.11 Å². The lowest BCUT2D eigenvalue weighted by molar-refractivity contribution is 0.0990. The molecule has 1 unspecified atom stereocenters. The van der Waals surface area contributed by atoms with E-state index < -0.39 is 0 Å². The summed E-state index contributed by atoms with van der Waals surface area (Å²) in [5, 5.41) is 12.5. The van der Waals surface area contributed by atoms with E-state index in [-0.39, 0.29) is 6.10 Å². The molecule has 0 aliphatic carbocycles. The van der Waals surface area contributed by atoms with Crippen LogP contribution in [0, 0.1) is 11.8 Å². The Morgan fingerprint density at radius 1 is 1.40 bits per heavy atom. The first-order valence-electron chi connectivity index (χ1n) is 4.09. The molecule has 0 spiro atoms. The van der Waals surface area contributed by atoms with Gasteiger partial charge in [-0.15, -0.1) is 0 Å². The zero-order valence-corrected chi connectivity index (χ0v) is 6.80. The summed E-state index contributed by atoms with van der Waals surface area (Å²) in [6, 6.07) is 0. The molecule has 2 N–H and O–H groups in total. The molecule has 2 atom stereocenters. The molecule has 2 nitrogen and oxygen atoms in total. The number of aliphatic hydroxyl groups excluding tert-OH is 1. The number of β-amino-alcohol motifs (C(OH)–C–C–N with tert-alkyl or cyclic N) is 1. The molecule has 0 saturated carbocycles. The molecule has 0 aromatic carbocycles. The highest BCUT2D eigenvalue weighted by Crippen LogP contribution is 2.18. The Bertz CT molecular complexity index is 103. The molecule has 0 amide bonds. The third-order valence-electron chi connectivity index (χ3n) is 2.30. The number of hydrogen-bond acceptors (Lipinski definition) is 2. The third-order valence-corrected chi connectivity index (χ3v) is 2.30. The van der Waals surface area contributed by atoms with Gasteiger partial charge in [0.15, 0.2) is 0 Å². The van der Waals surface area contributed by atoms with E-state index in [2.05, 4.69) is 19.2 Å². The molecule has 1 saturated heterocycles. The highest BCUT2D eigenvalue weighted by molar-refractivity contribution is 4.76. The maximum atomic E-state index is 9.27. The van der Waals surface area contributed by atoms with Gasteiger partial charge in [0.05, 0.1) is 6.10 Å². The third kappa shape index (κ3) is 1.96. The standard InChI is InChI=1S/C8H17NO/c1-6(2)7-3-8(10)5-9-4-7/h6-10H,3-5H2,1-2H3/t7?,8-/m1/s1. The first-order valence-corrected chi connectivity index (χ1v) is 4.09. The number of rotatable bonds is 1. The second-order valence-corrected chi connectivity index (χ2v) is 3.55. The van der Waals surface area contributed by atoms with Crippen molar-refractivity contribution < 1.29 is 5.11 Å². The fraction of sp³-hybridized carbons (Fsp3) is 1.00. The lowest BCUT2D eigenvalue weighted by Gasteiger charge is -2.29. The van der Waals surface area contributed by atoms with E-state index in [1.807, 2.05) is 0 Å². The Morgan fingerprint density at radius 2 is 2.10 bits per heavy atom. The Kier molecular flexibility index (Phi) is 2.69. The molecule has 10 heavy (non-hydrogen) atoms. The van der Waals surface area contributed by atoms with Crippen molar-refractivity contribution >= 4 is 0 Å². The minimum absolute atomic E-state index is 0.110. The van der Waals surface area contributed by atoms with E-state index in [1.165, 1.54) is 0 Å². The number of hydrogen-bond donors (Lipinski definition) is 2. The largest absolute Gasteiger partial charge is 0.392 e. The molecular weight excluding hydrogens is 126 g/mol. The van der Waals surface area contributed by atoms with Gasteiger partial charge in [0.2, 0.25) is 0 Å². The summed E-state index contributed by atoms with van der Waals surface area (Å²) in [5.41, 5.74) is 0. The van der Waals surface area contributed by atoms with Crippen molar-refractivity contribution in [3.05, 3.63) is 0 Å². The summed E-state index contributed by atoms with van der Waals surface area (Å²) in [6.45, 7) is 6.28. The molecule has 0 bridgehead atoms. The summed E-state index contributed by atoms with van der Waals surface area (Å²) < 4.78 is 0. The molecule has 1 aliphatic heterocycles. The first-order chi connectivity index (χ1) is 4.70. The van der Waals surface area contributed by atoms with E-state index in [1.54, 1.807) is 0 Å². The van der Waals surface area contributed by atoms with Crippen molar-refractivity contribution in [1.82, 2.24) is 5.32 Å². The Balaban J connectivity index is 2.32. The topological polar surface area (TPSA) is 32.3 Å². The van der Waals surface area contributed by atoms with Crippen molar-refractivity contribution in [1.29, 1.82) is 0 Å². The van der Waals surface area contributed by atoms with Crippen LogP contribution >= 0.6 is 0 Å². The Morgan fingerprint density at radius 3 is 2.50 bits per heavy atom. The van der Waals surface area contributed by atoms with Gasteiger partial charge in [0, 0.05) is 6.54 Å². The Hall–Kier alpha value is -0.0800. The maximum Gasteiger partial charge on any atom is 0.0667 e. The fourth-order valence-electron chi connectivity index (χ4n) is 1.46. The Labute approximate surface area is 62.6 Å². The van der Waals surface area contributed by atoms with Gasteiger partial charge in [-0.1, -0.05) is 13.8 Å². The zero-order valence-electron chi connectivity index (χ0n) is 6.80. The van der Waals surface area contributed by atoms with E-state index in [0.717, 1.165) is 19.5 Å². The predicted molar refractivity (Wildman–Crippen MR) is 41.8 cm³/mol. The van der Waals surface area contributed by atoms with Gasteiger partial charge in [0.1, 0.15) is 0 Å². The van der Waals surface area contributed by atoms with E-state index in [0.29, 0.717) is 11.8 Å². The van der Waals surface area contributed by atoms with Crippen LogP contribution in [0.3, 0.4) is 0 Å². The molecule has 1 aliphatic rings. The van der Waals surface area contributed by atoms with E-state index >= 15 is 0 Å². The SMILES string of the molecule is CC(C)C1CNC[C@H](O)C1. The summed E-state index contributed by atoms with van der Waals surface area (Å²) in [7, 11) is 0. The lowest BCUT2D eigenvalue weighted by Crippen LogP contribution is -2.41. The lowest BCUT2D eigenvalue weighted by atomic mass is 9.88. The monoisotopic (exact) mass is 143 g/mol. The van der Waals surface area contributed by atoms with Crippen LogP contribution in [0.5, 0.6) is 0 Å².